The van der Waals surface area contributed by atoms with Gasteiger partial charge in [0.15, 0.2) is 6.29 Å². The lowest BCUT2D eigenvalue weighted by atomic mass is 10.1. The summed E-state index contributed by atoms with van der Waals surface area (Å²) in [5, 5.41) is 10.3. The molecule has 3 aliphatic heterocycles. The van der Waals surface area contributed by atoms with Crippen molar-refractivity contribution in [2.24, 2.45) is 5.10 Å². The molecule has 0 bridgehead atoms. The van der Waals surface area contributed by atoms with Gasteiger partial charge < -0.3 is 4.90 Å². The van der Waals surface area contributed by atoms with Gasteiger partial charge in [0.25, 0.3) is 5.91 Å². The fraction of sp³-hybridized carbons (Fsp3) is 0.476. The van der Waals surface area contributed by atoms with Crippen molar-refractivity contribution in [2.45, 2.75) is 51.9 Å². The Morgan fingerprint density at radius 3 is 2.55 bits per heavy atom. The van der Waals surface area contributed by atoms with Crippen LogP contribution in [0, 0.1) is 6.92 Å². The second-order valence-corrected chi connectivity index (χ2v) is 8.01. The largest absolute Gasteiger partial charge is 0.328 e. The summed E-state index contributed by atoms with van der Waals surface area (Å²) in [5.74, 6) is -0.190. The van der Waals surface area contributed by atoms with Crippen molar-refractivity contribution in [2.75, 3.05) is 13.6 Å². The Morgan fingerprint density at radius 2 is 1.90 bits per heavy atom. The van der Waals surface area contributed by atoms with Gasteiger partial charge in [0.1, 0.15) is 12.2 Å². The molecular weight excluding hydrogens is 368 g/mol. The Labute approximate surface area is 171 Å². The number of benzene rings is 1. The minimum atomic E-state index is -0.469. The van der Waals surface area contributed by atoms with Crippen molar-refractivity contribution in [1.29, 1.82) is 0 Å². The first-order chi connectivity index (χ1) is 13.8. The second-order valence-electron chi connectivity index (χ2n) is 8.01. The van der Waals surface area contributed by atoms with E-state index in [4.69, 9.17) is 5.10 Å². The summed E-state index contributed by atoms with van der Waals surface area (Å²) in [5.41, 5.74) is 3.29. The monoisotopic (exact) mass is 396 g/mol. The summed E-state index contributed by atoms with van der Waals surface area (Å²) in [6.45, 7) is 10.6. The summed E-state index contributed by atoms with van der Waals surface area (Å²) in [7, 11) is 1.73. The molecule has 0 aromatic heterocycles. The van der Waals surface area contributed by atoms with E-state index in [1.165, 1.54) is 10.5 Å². The van der Waals surface area contributed by atoms with Crippen molar-refractivity contribution in [3.05, 3.63) is 48.0 Å². The number of rotatable bonds is 4. The predicted molar refractivity (Wildman–Crippen MR) is 111 cm³/mol. The highest BCUT2D eigenvalue weighted by atomic mass is 16.2. The molecule has 0 aliphatic carbocycles. The molecule has 8 heteroatoms. The summed E-state index contributed by atoms with van der Waals surface area (Å²) < 4.78 is 0. The van der Waals surface area contributed by atoms with Crippen molar-refractivity contribution >= 4 is 17.6 Å². The third-order valence-corrected chi connectivity index (χ3v) is 6.09. The number of fused-ring (bicyclic) bond motifs is 3. The van der Waals surface area contributed by atoms with Gasteiger partial charge in [-0.25, -0.2) is 9.69 Å². The number of imide groups is 1. The summed E-state index contributed by atoms with van der Waals surface area (Å²) in [6, 6.07) is 7.56. The van der Waals surface area contributed by atoms with E-state index >= 15 is 0 Å². The molecule has 2 saturated heterocycles. The molecule has 1 aromatic carbocycles. The van der Waals surface area contributed by atoms with Gasteiger partial charge in [-0.15, -0.1) is 6.58 Å². The molecule has 3 heterocycles. The minimum absolute atomic E-state index is 0.0205. The van der Waals surface area contributed by atoms with Gasteiger partial charge in [0.2, 0.25) is 0 Å². The van der Waals surface area contributed by atoms with Crippen LogP contribution in [0.2, 0.25) is 0 Å². The topological polar surface area (TPSA) is 71.5 Å². The maximum absolute atomic E-state index is 13.3. The van der Waals surface area contributed by atoms with E-state index in [1.807, 2.05) is 11.9 Å². The van der Waals surface area contributed by atoms with E-state index in [1.54, 1.807) is 18.0 Å². The van der Waals surface area contributed by atoms with E-state index < -0.39 is 12.2 Å². The third-order valence-electron chi connectivity index (χ3n) is 6.09. The zero-order chi connectivity index (χ0) is 20.9. The smallest absolute Gasteiger partial charge is 0.310 e. The molecular formula is C21H28N6O2. The molecule has 154 valence electrons. The number of hydrogen-bond donors (Lipinski definition) is 1. The van der Waals surface area contributed by atoms with Crippen LogP contribution in [0.25, 0.3) is 0 Å². The quantitative estimate of drug-likeness (QED) is 0.782. The maximum atomic E-state index is 13.3. The van der Waals surface area contributed by atoms with Gasteiger partial charge in [0, 0.05) is 13.6 Å². The fourth-order valence-electron chi connectivity index (χ4n) is 4.34. The molecule has 0 radical (unpaired) electrons. The lowest BCUT2D eigenvalue weighted by Gasteiger charge is -2.44. The first-order valence-electron chi connectivity index (χ1n) is 9.93. The van der Waals surface area contributed by atoms with E-state index in [0.29, 0.717) is 6.54 Å². The van der Waals surface area contributed by atoms with Crippen molar-refractivity contribution in [3.63, 3.8) is 0 Å². The Morgan fingerprint density at radius 1 is 1.21 bits per heavy atom. The SMILES string of the molecule is C=CCN1C(=O)C2C(NC3N(Cc4ccc(C)cc4)N=C(C)C(C)N23)N(C)C1=O. The van der Waals surface area contributed by atoms with E-state index in [-0.39, 0.29) is 30.8 Å². The Kier molecular flexibility index (Phi) is 4.92. The summed E-state index contributed by atoms with van der Waals surface area (Å²) in [4.78, 5) is 31.0. The molecule has 8 nitrogen and oxygen atoms in total. The number of nitrogens with one attached hydrogen (secondary N) is 1. The van der Waals surface area contributed by atoms with Crippen LogP contribution in [0.3, 0.4) is 0 Å². The molecule has 4 unspecified atom stereocenters. The number of carbonyl (C=O) groups is 2. The number of nitrogens with zero attached hydrogens (tertiary/aromatic N) is 5. The molecule has 0 spiro atoms. The van der Waals surface area contributed by atoms with Gasteiger partial charge in [-0.1, -0.05) is 35.9 Å². The van der Waals surface area contributed by atoms with Crippen LogP contribution in [0.5, 0.6) is 0 Å². The van der Waals surface area contributed by atoms with Crippen LogP contribution < -0.4 is 5.32 Å². The molecule has 3 amide bonds. The maximum Gasteiger partial charge on any atom is 0.328 e. The summed E-state index contributed by atoms with van der Waals surface area (Å²) in [6.07, 6.45) is 0.915. The third kappa shape index (κ3) is 3.12. The first-order valence-corrected chi connectivity index (χ1v) is 9.93. The predicted octanol–water partition coefficient (Wildman–Crippen LogP) is 1.54. The van der Waals surface area contributed by atoms with Gasteiger partial charge >= 0.3 is 6.03 Å². The number of carbonyl (C=O) groups excluding carboxylic acids is 2. The number of hydrogen-bond acceptors (Lipinski definition) is 6. The van der Waals surface area contributed by atoms with Crippen molar-refractivity contribution in [3.8, 4) is 0 Å². The Balaban J connectivity index is 1.67. The average molecular weight is 396 g/mol. The molecule has 2 fully saturated rings. The Hall–Kier alpha value is -2.71. The number of urea groups is 1. The number of amides is 3. The fourth-order valence-corrected chi connectivity index (χ4v) is 4.34. The van der Waals surface area contributed by atoms with E-state index in [2.05, 4.69) is 54.9 Å². The highest BCUT2D eigenvalue weighted by molar-refractivity contribution is 6.01. The zero-order valence-electron chi connectivity index (χ0n) is 17.4. The molecule has 1 N–H and O–H groups in total. The number of hydrazone groups is 1. The zero-order valence-corrected chi connectivity index (χ0v) is 17.4. The van der Waals surface area contributed by atoms with Gasteiger partial charge in [0.05, 0.1) is 18.3 Å². The molecule has 4 rings (SSSR count). The van der Waals surface area contributed by atoms with Crippen LogP contribution in [0.1, 0.15) is 25.0 Å². The molecule has 29 heavy (non-hydrogen) atoms. The highest BCUT2D eigenvalue weighted by Gasteiger charge is 2.57. The lowest BCUT2D eigenvalue weighted by Crippen LogP contribution is -2.67. The van der Waals surface area contributed by atoms with Gasteiger partial charge in [-0.3, -0.25) is 20.0 Å². The lowest BCUT2D eigenvalue weighted by molar-refractivity contribution is -0.139. The first kappa shape index (κ1) is 19.6. The van der Waals surface area contributed by atoms with Crippen molar-refractivity contribution in [1.82, 2.24) is 25.0 Å². The molecule has 3 aliphatic rings. The van der Waals surface area contributed by atoms with E-state index in [9.17, 15) is 9.59 Å². The highest BCUT2D eigenvalue weighted by Crippen LogP contribution is 2.33. The van der Waals surface area contributed by atoms with Crippen molar-refractivity contribution < 1.29 is 9.59 Å². The standard InChI is InChI=1S/C21H28N6O2/c1-6-11-25-19(28)17-18(24(5)21(25)29)22-20-26(23-14(3)15(4)27(17)20)12-16-9-7-13(2)8-10-16/h6-10,15,17-18,20,22H,1,11-12H2,2-5H3. The van der Waals surface area contributed by atoms with Crippen LogP contribution >= 0.6 is 0 Å². The summed E-state index contributed by atoms with van der Waals surface area (Å²) >= 11 is 0. The minimum Gasteiger partial charge on any atom is -0.310 e. The van der Waals surface area contributed by atoms with E-state index in [0.717, 1.165) is 11.3 Å². The molecule has 4 atom stereocenters. The van der Waals surface area contributed by atoms with Crippen LogP contribution in [-0.4, -0.2) is 75.5 Å². The molecule has 1 aromatic rings. The van der Waals surface area contributed by atoms with Crippen LogP contribution in [-0.2, 0) is 11.3 Å². The average Bonchev–Trinajstić information content (AvgIpc) is 3.10. The molecule has 0 saturated carbocycles. The second kappa shape index (κ2) is 7.27. The number of likely N-dealkylation sites (N-methyl/N-ethyl adjacent to an activating group) is 1. The normalized spacial score (nSPS) is 29.7. The van der Waals surface area contributed by atoms with Crippen LogP contribution in [0.15, 0.2) is 42.0 Å². The van der Waals surface area contributed by atoms with Gasteiger partial charge in [-0.05, 0) is 26.3 Å². The van der Waals surface area contributed by atoms with Crippen LogP contribution in [0.4, 0.5) is 4.79 Å². The number of aryl methyl sites for hydroxylation is 1. The van der Waals surface area contributed by atoms with Gasteiger partial charge in [-0.2, -0.15) is 5.10 Å². The Bertz CT molecular complexity index is 866.